The second-order valence-electron chi connectivity index (χ2n) is 18.8. The first-order valence-corrected chi connectivity index (χ1v) is 26.9. The Morgan fingerprint density at radius 1 is 0.345 bits per heavy atom. The van der Waals surface area contributed by atoms with Crippen molar-refractivity contribution in [2.45, 2.75) is 59.8 Å². The maximum Gasteiger partial charge on any atom is 0.134 e. The van der Waals surface area contributed by atoms with Gasteiger partial charge in [0.1, 0.15) is 34.6 Å². The average molecular weight is 1120 g/mol. The van der Waals surface area contributed by atoms with Gasteiger partial charge in [0.15, 0.2) is 0 Å². The van der Waals surface area contributed by atoms with E-state index in [9.17, 15) is 19.5 Å². The molecule has 0 spiro atoms. The first-order chi connectivity index (χ1) is 40.7. The van der Waals surface area contributed by atoms with Gasteiger partial charge < -0.3 is 20.7 Å². The van der Waals surface area contributed by atoms with Crippen molar-refractivity contribution in [3.05, 3.63) is 241 Å². The fourth-order valence-electron chi connectivity index (χ4n) is 7.08. The largest absolute Gasteiger partial charge is 0.508 e. The Labute approximate surface area is 488 Å². The molecule has 0 aliphatic heterocycles. The normalized spacial score (nSPS) is 11.0. The predicted molar refractivity (Wildman–Crippen MR) is 330 cm³/mol. The third-order valence-corrected chi connectivity index (χ3v) is 11.4. The van der Waals surface area contributed by atoms with E-state index in [4.69, 9.17) is 15.6 Å². The van der Waals surface area contributed by atoms with E-state index in [0.717, 1.165) is 81.7 Å². The number of ketones is 3. The minimum atomic E-state index is 0.132. The Morgan fingerprint density at radius 2 is 0.583 bits per heavy atom. The molecule has 17 heteroatoms. The highest BCUT2D eigenvalue weighted by Crippen LogP contribution is 2.27. The van der Waals surface area contributed by atoms with Crippen LogP contribution in [-0.2, 0) is 33.6 Å². The van der Waals surface area contributed by atoms with Crippen molar-refractivity contribution < 1.29 is 29.3 Å². The molecule has 0 aliphatic carbocycles. The third kappa shape index (κ3) is 24.7. The van der Waals surface area contributed by atoms with Crippen molar-refractivity contribution in [1.29, 1.82) is 0 Å². The highest BCUT2D eigenvalue weighted by Gasteiger charge is 2.02. The van der Waals surface area contributed by atoms with Crippen molar-refractivity contribution >= 4 is 79.9 Å². The molecule has 4 N–H and O–H groups in total. The minimum absolute atomic E-state index is 0.132. The van der Waals surface area contributed by atoms with Crippen LogP contribution >= 0.6 is 0 Å². The van der Waals surface area contributed by atoms with Gasteiger partial charge in [0, 0.05) is 24.9 Å². The molecule has 9 aromatic rings. The summed E-state index contributed by atoms with van der Waals surface area (Å²) in [7, 11) is 0. The fourth-order valence-corrected chi connectivity index (χ4v) is 7.08. The van der Waals surface area contributed by atoms with E-state index in [1.54, 1.807) is 106 Å². The van der Waals surface area contributed by atoms with E-state index in [0.29, 0.717) is 47.8 Å². The molecular formula is C67H65N11O6. The van der Waals surface area contributed by atoms with Gasteiger partial charge in [-0.05, 0) is 214 Å². The maximum absolute atomic E-state index is 11.2. The lowest BCUT2D eigenvalue weighted by molar-refractivity contribution is -0.117. The number of hydrogen-bond acceptors (Lipinski definition) is 17. The smallest absolute Gasteiger partial charge is 0.134 e. The summed E-state index contributed by atoms with van der Waals surface area (Å²) >= 11 is 0. The Kier molecular flexibility index (Phi) is 25.5. The molecule has 0 aliphatic rings. The number of aromatic hydroxyl groups is 2. The van der Waals surface area contributed by atoms with Crippen LogP contribution in [0.25, 0.3) is 0 Å². The number of carbonyl (C=O) groups excluding carboxylic acids is 3. The summed E-state index contributed by atoms with van der Waals surface area (Å²) in [4.78, 5) is 33.3. The molecular weight excluding hydrogens is 1050 g/mol. The number of ether oxygens (including phenoxy) is 1. The standard InChI is InChI=1S/C25H26N4O2.C21H18N4O2.C15H15N3O.C6H6O/c1-3-4-17-31-25-15-13-24(14-16-25)29-28-23-11-9-22(10-12-23)27-26-21-7-5-20(6-8-21)18-19(2)30;1-15(26)14-16-2-4-17(5-3-16)22-23-18-6-8-19(9-7-18)24-25-20-10-12-21(27)13-11-20;1-11(19)10-12-2-6-14(7-3-12)17-18-15-8-4-13(16)5-9-15;7-6-4-2-1-3-5-6/h5-16H,3-4,17-18H2,1-2H3;2-13,27H,14H2,1H3;2-9H,10,16H2,1H3;1-5,7H. The molecule has 0 heterocycles. The molecule has 0 unspecified atom stereocenters. The highest BCUT2D eigenvalue weighted by molar-refractivity contribution is 5.79. The zero-order valence-corrected chi connectivity index (χ0v) is 47.2. The lowest BCUT2D eigenvalue weighted by atomic mass is 10.1. The van der Waals surface area contributed by atoms with Gasteiger partial charge in [-0.25, -0.2) is 0 Å². The van der Waals surface area contributed by atoms with Gasteiger partial charge in [0.25, 0.3) is 0 Å². The first kappa shape index (κ1) is 62.4. The van der Waals surface area contributed by atoms with Crippen molar-refractivity contribution in [2.24, 2.45) is 51.1 Å². The number of carbonyl (C=O) groups is 3. The quantitative estimate of drug-likeness (QED) is 0.0378. The third-order valence-electron chi connectivity index (χ3n) is 11.4. The molecule has 0 fully saturated rings. The Hall–Kier alpha value is -10.8. The zero-order valence-electron chi connectivity index (χ0n) is 47.2. The number of rotatable bonds is 20. The van der Waals surface area contributed by atoms with E-state index >= 15 is 0 Å². The molecule has 9 aromatic carbocycles. The maximum atomic E-state index is 11.2. The zero-order chi connectivity index (χ0) is 59.7. The lowest BCUT2D eigenvalue weighted by Crippen LogP contribution is -1.95. The van der Waals surface area contributed by atoms with Crippen LogP contribution in [0.2, 0.25) is 0 Å². The van der Waals surface area contributed by atoms with Crippen molar-refractivity contribution in [2.75, 3.05) is 12.3 Å². The Bertz CT molecular complexity index is 3600. The fraction of sp³-hybridized carbons (Fsp3) is 0.149. The van der Waals surface area contributed by atoms with E-state index in [-0.39, 0.29) is 23.1 Å². The first-order valence-electron chi connectivity index (χ1n) is 26.9. The van der Waals surface area contributed by atoms with Crippen LogP contribution in [0.5, 0.6) is 17.2 Å². The molecule has 17 nitrogen and oxygen atoms in total. The van der Waals surface area contributed by atoms with Gasteiger partial charge in [0.05, 0.1) is 63.5 Å². The molecule has 0 aromatic heterocycles. The number of phenols is 2. The summed E-state index contributed by atoms with van der Waals surface area (Å²) in [5.74, 6) is 1.78. The number of nitrogens with zero attached hydrogens (tertiary/aromatic N) is 10. The minimum Gasteiger partial charge on any atom is -0.508 e. The second kappa shape index (κ2) is 34.4. The second-order valence-corrected chi connectivity index (χ2v) is 18.8. The molecule has 0 amide bonds. The lowest BCUT2D eigenvalue weighted by Gasteiger charge is -2.04. The molecule has 424 valence electrons. The van der Waals surface area contributed by atoms with E-state index in [2.05, 4.69) is 58.1 Å². The number of phenolic OH excluding ortho intramolecular Hbond substituents is 2. The topological polar surface area (TPSA) is 251 Å². The summed E-state index contributed by atoms with van der Waals surface area (Å²) < 4.78 is 5.65. The number of benzene rings is 9. The van der Waals surface area contributed by atoms with Crippen LogP contribution in [0.15, 0.2) is 276 Å². The van der Waals surface area contributed by atoms with Crippen LogP contribution in [0.3, 0.4) is 0 Å². The van der Waals surface area contributed by atoms with Gasteiger partial charge >= 0.3 is 0 Å². The van der Waals surface area contributed by atoms with Crippen LogP contribution < -0.4 is 10.5 Å². The molecule has 0 bridgehead atoms. The molecule has 0 saturated heterocycles. The number of Topliss-reactive ketones (excluding diaryl/α,β-unsaturated/α-hetero) is 3. The van der Waals surface area contributed by atoms with Crippen LogP contribution in [0.4, 0.5) is 62.6 Å². The number of nitrogens with two attached hydrogens (primary N) is 1. The molecule has 0 atom stereocenters. The number of nitrogen functional groups attached to an aromatic ring is 1. The van der Waals surface area contributed by atoms with Crippen LogP contribution in [0, 0.1) is 0 Å². The predicted octanol–water partition coefficient (Wildman–Crippen LogP) is 19.4. The van der Waals surface area contributed by atoms with Crippen molar-refractivity contribution in [3.8, 4) is 17.2 Å². The van der Waals surface area contributed by atoms with E-state index in [1.165, 1.54) is 0 Å². The van der Waals surface area contributed by atoms with Gasteiger partial charge in [0.2, 0.25) is 0 Å². The van der Waals surface area contributed by atoms with Crippen LogP contribution in [0.1, 0.15) is 57.2 Å². The summed E-state index contributed by atoms with van der Waals surface area (Å²) in [6, 6.07) is 66.9. The number of hydrogen-bond donors (Lipinski definition) is 3. The van der Waals surface area contributed by atoms with E-state index in [1.807, 2.05) is 140 Å². The number of azo groups is 5. The average Bonchev–Trinajstić information content (AvgIpc) is 3.50. The van der Waals surface area contributed by atoms with Gasteiger partial charge in [-0.3, -0.25) is 14.4 Å². The van der Waals surface area contributed by atoms with Crippen molar-refractivity contribution in [1.82, 2.24) is 0 Å². The molecule has 9 rings (SSSR count). The highest BCUT2D eigenvalue weighted by atomic mass is 16.5. The summed E-state index contributed by atoms with van der Waals surface area (Å²) in [5.41, 5.74) is 16.4. The number of unbranched alkanes of at least 4 members (excludes halogenated alkanes) is 1. The van der Waals surface area contributed by atoms with Gasteiger partial charge in [-0.2, -0.15) is 51.1 Å². The summed E-state index contributed by atoms with van der Waals surface area (Å²) in [6.45, 7) is 7.60. The molecule has 84 heavy (non-hydrogen) atoms. The molecule has 0 saturated carbocycles. The summed E-state index contributed by atoms with van der Waals surface area (Å²) in [5, 5.41) is 59.7. The Balaban J connectivity index is 0.000000195. The number of anilines is 1. The number of para-hydroxylation sites is 1. The van der Waals surface area contributed by atoms with Crippen molar-refractivity contribution in [3.63, 3.8) is 0 Å². The van der Waals surface area contributed by atoms with E-state index < -0.39 is 0 Å². The Morgan fingerprint density at radius 3 is 0.833 bits per heavy atom. The van der Waals surface area contributed by atoms with Crippen LogP contribution in [-0.4, -0.2) is 34.2 Å². The SMILES string of the molecule is CC(=O)Cc1ccc(N=Nc2ccc(N)cc2)cc1.CC(=O)Cc1ccc(N=Nc2ccc(N=Nc3ccc(O)cc3)cc2)cc1.CCCCOc1ccc(N=Nc2ccc(N=Nc3ccc(CC(C)=O)cc3)cc2)cc1.Oc1ccccc1. The van der Waals surface area contributed by atoms with Gasteiger partial charge in [-0.1, -0.05) is 67.9 Å². The van der Waals surface area contributed by atoms with Gasteiger partial charge in [-0.15, -0.1) is 0 Å². The molecule has 0 radical (unpaired) electrons. The monoisotopic (exact) mass is 1120 g/mol. The summed E-state index contributed by atoms with van der Waals surface area (Å²) in [6.07, 6.45) is 3.48.